The number of rotatable bonds is 10. The second kappa shape index (κ2) is 11.3. The van der Waals surface area contributed by atoms with Crippen LogP contribution in [-0.4, -0.2) is 32.3 Å². The van der Waals surface area contributed by atoms with E-state index in [9.17, 15) is 4.79 Å². The van der Waals surface area contributed by atoms with Gasteiger partial charge in [-0.15, -0.1) is 6.42 Å². The van der Waals surface area contributed by atoms with Gasteiger partial charge in [-0.05, 0) is 42.8 Å². The number of nitrogens with one attached hydrogen (secondary N) is 1. The predicted octanol–water partition coefficient (Wildman–Crippen LogP) is 3.31. The third kappa shape index (κ3) is 7.17. The molecule has 0 aromatic heterocycles. The van der Waals surface area contributed by atoms with Crippen LogP contribution in [-0.2, 0) is 4.79 Å². The van der Waals surface area contributed by atoms with Crippen LogP contribution in [0.25, 0.3) is 6.08 Å². The van der Waals surface area contributed by atoms with E-state index >= 15 is 0 Å². The van der Waals surface area contributed by atoms with Gasteiger partial charge in [0.05, 0.1) is 13.2 Å². The highest BCUT2D eigenvalue weighted by molar-refractivity contribution is 5.91. The molecule has 0 aliphatic heterocycles. The second-order valence-electron chi connectivity index (χ2n) is 5.40. The van der Waals surface area contributed by atoms with E-state index in [1.54, 1.807) is 6.08 Å². The van der Waals surface area contributed by atoms with E-state index in [0.29, 0.717) is 31.3 Å². The zero-order valence-electron chi connectivity index (χ0n) is 15.3. The van der Waals surface area contributed by atoms with Crippen LogP contribution in [0.2, 0.25) is 0 Å². The van der Waals surface area contributed by atoms with Crippen molar-refractivity contribution < 1.29 is 19.0 Å². The fraction of sp³-hybridized carbons (Fsp3) is 0.227. The van der Waals surface area contributed by atoms with Crippen molar-refractivity contribution in [3.05, 3.63) is 60.2 Å². The van der Waals surface area contributed by atoms with Gasteiger partial charge in [0, 0.05) is 6.08 Å². The molecular weight excluding hydrogens is 342 g/mol. The Balaban J connectivity index is 1.92. The van der Waals surface area contributed by atoms with Gasteiger partial charge in [0.1, 0.15) is 19.0 Å². The van der Waals surface area contributed by atoms with Gasteiger partial charge in [-0.2, -0.15) is 0 Å². The molecule has 0 heterocycles. The van der Waals surface area contributed by atoms with Gasteiger partial charge in [-0.25, -0.2) is 0 Å². The van der Waals surface area contributed by atoms with Crippen molar-refractivity contribution in [1.29, 1.82) is 0 Å². The number of hydrogen-bond acceptors (Lipinski definition) is 4. The van der Waals surface area contributed by atoms with Crippen molar-refractivity contribution in [2.24, 2.45) is 0 Å². The van der Waals surface area contributed by atoms with Gasteiger partial charge in [-0.3, -0.25) is 4.79 Å². The zero-order valence-corrected chi connectivity index (χ0v) is 15.3. The minimum atomic E-state index is -0.246. The summed E-state index contributed by atoms with van der Waals surface area (Å²) in [5.41, 5.74) is 0.821. The Bertz CT molecular complexity index is 794. The number of hydrogen-bond donors (Lipinski definition) is 1. The Morgan fingerprint density at radius 1 is 1.07 bits per heavy atom. The van der Waals surface area contributed by atoms with E-state index in [-0.39, 0.29) is 12.5 Å². The molecule has 0 aliphatic carbocycles. The standard InChI is InChI=1S/C22H23NO4/c1-3-14-23-22(24)13-11-18-10-12-20(21(17-18)25-4-2)27-16-15-26-19-8-6-5-7-9-19/h1,5-13,17H,4,14-16H2,2H3,(H,23,24)/b13-11+. The van der Waals surface area contributed by atoms with E-state index in [0.717, 1.165) is 11.3 Å². The summed E-state index contributed by atoms with van der Waals surface area (Å²) in [5, 5.41) is 2.57. The molecular formula is C22H23NO4. The molecule has 2 rings (SSSR count). The third-order valence-electron chi connectivity index (χ3n) is 3.41. The number of benzene rings is 2. The van der Waals surface area contributed by atoms with Crippen molar-refractivity contribution in [3.63, 3.8) is 0 Å². The summed E-state index contributed by atoms with van der Waals surface area (Å²) in [6.45, 7) is 3.42. The summed E-state index contributed by atoms with van der Waals surface area (Å²) >= 11 is 0. The molecule has 1 amide bonds. The smallest absolute Gasteiger partial charge is 0.244 e. The maximum absolute atomic E-state index is 11.6. The van der Waals surface area contributed by atoms with Gasteiger partial charge >= 0.3 is 0 Å². The Labute approximate surface area is 159 Å². The van der Waals surface area contributed by atoms with Crippen molar-refractivity contribution in [1.82, 2.24) is 5.32 Å². The van der Waals surface area contributed by atoms with Crippen LogP contribution in [0.4, 0.5) is 0 Å². The van der Waals surface area contributed by atoms with Crippen LogP contribution in [0.3, 0.4) is 0 Å². The van der Waals surface area contributed by atoms with Gasteiger partial charge in [0.2, 0.25) is 5.91 Å². The molecule has 1 N–H and O–H groups in total. The second-order valence-corrected chi connectivity index (χ2v) is 5.40. The van der Waals surface area contributed by atoms with Crippen LogP contribution in [0.1, 0.15) is 12.5 Å². The molecule has 27 heavy (non-hydrogen) atoms. The molecule has 0 saturated heterocycles. The van der Waals surface area contributed by atoms with Crippen LogP contribution in [0.15, 0.2) is 54.6 Å². The first-order chi connectivity index (χ1) is 13.2. The molecule has 5 nitrogen and oxygen atoms in total. The summed E-state index contributed by atoms with van der Waals surface area (Å²) in [4.78, 5) is 11.6. The first-order valence-corrected chi connectivity index (χ1v) is 8.69. The van der Waals surface area contributed by atoms with Gasteiger partial charge in [-0.1, -0.05) is 30.2 Å². The highest BCUT2D eigenvalue weighted by atomic mass is 16.5. The van der Waals surface area contributed by atoms with Crippen molar-refractivity contribution in [2.45, 2.75) is 6.92 Å². The molecule has 2 aromatic carbocycles. The van der Waals surface area contributed by atoms with E-state index < -0.39 is 0 Å². The number of amides is 1. The molecule has 0 radical (unpaired) electrons. The minimum absolute atomic E-state index is 0.200. The molecule has 0 atom stereocenters. The van der Waals surface area contributed by atoms with Crippen LogP contribution >= 0.6 is 0 Å². The van der Waals surface area contributed by atoms with Crippen LogP contribution in [0.5, 0.6) is 17.2 Å². The molecule has 5 heteroatoms. The fourth-order valence-corrected chi connectivity index (χ4v) is 2.21. The summed E-state index contributed by atoms with van der Waals surface area (Å²) in [6, 6.07) is 15.0. The highest BCUT2D eigenvalue weighted by Gasteiger charge is 2.06. The molecule has 2 aromatic rings. The highest BCUT2D eigenvalue weighted by Crippen LogP contribution is 2.29. The number of carbonyl (C=O) groups excluding carboxylic acids is 1. The molecule has 0 unspecified atom stereocenters. The number of ether oxygens (including phenoxy) is 3. The van der Waals surface area contributed by atoms with Crippen LogP contribution < -0.4 is 19.5 Å². The first-order valence-electron chi connectivity index (χ1n) is 8.69. The van der Waals surface area contributed by atoms with Gasteiger partial charge in [0.25, 0.3) is 0 Å². The van der Waals surface area contributed by atoms with E-state index in [1.165, 1.54) is 6.08 Å². The van der Waals surface area contributed by atoms with Crippen LogP contribution in [0, 0.1) is 12.3 Å². The molecule has 0 fully saturated rings. The Morgan fingerprint density at radius 2 is 1.85 bits per heavy atom. The lowest BCUT2D eigenvalue weighted by atomic mass is 10.2. The van der Waals surface area contributed by atoms with E-state index in [4.69, 9.17) is 20.6 Å². The fourth-order valence-electron chi connectivity index (χ4n) is 2.21. The lowest BCUT2D eigenvalue weighted by Gasteiger charge is -2.13. The van der Waals surface area contributed by atoms with Gasteiger partial charge < -0.3 is 19.5 Å². The largest absolute Gasteiger partial charge is 0.490 e. The number of carbonyl (C=O) groups is 1. The van der Waals surface area contributed by atoms with Crippen molar-refractivity contribution >= 4 is 12.0 Å². The lowest BCUT2D eigenvalue weighted by molar-refractivity contribution is -0.116. The molecule has 0 aliphatic rings. The van der Waals surface area contributed by atoms with E-state index in [2.05, 4.69) is 11.2 Å². The maximum Gasteiger partial charge on any atom is 0.244 e. The average Bonchev–Trinajstić information content (AvgIpc) is 2.70. The average molecular weight is 365 g/mol. The molecule has 0 bridgehead atoms. The molecule has 0 spiro atoms. The van der Waals surface area contributed by atoms with Crippen molar-refractivity contribution in [2.75, 3.05) is 26.4 Å². The maximum atomic E-state index is 11.6. The summed E-state index contributed by atoms with van der Waals surface area (Å²) < 4.78 is 17.0. The summed E-state index contributed by atoms with van der Waals surface area (Å²) in [5.74, 6) is 4.15. The number of terminal acetylenes is 1. The summed E-state index contributed by atoms with van der Waals surface area (Å²) in [7, 11) is 0. The topological polar surface area (TPSA) is 56.8 Å². The first kappa shape index (κ1) is 19.9. The Kier molecular flexibility index (Phi) is 8.32. The minimum Gasteiger partial charge on any atom is -0.490 e. The monoisotopic (exact) mass is 365 g/mol. The molecule has 140 valence electrons. The normalized spacial score (nSPS) is 10.2. The third-order valence-corrected chi connectivity index (χ3v) is 3.41. The quantitative estimate of drug-likeness (QED) is 0.399. The van der Waals surface area contributed by atoms with Crippen molar-refractivity contribution in [3.8, 4) is 29.6 Å². The van der Waals surface area contributed by atoms with Gasteiger partial charge in [0.15, 0.2) is 11.5 Å². The Hall–Kier alpha value is -3.39. The predicted molar refractivity (Wildman–Crippen MR) is 106 cm³/mol. The molecule has 0 saturated carbocycles. The number of para-hydroxylation sites is 1. The Morgan fingerprint density at radius 3 is 2.59 bits per heavy atom. The zero-order chi connectivity index (χ0) is 19.3. The lowest BCUT2D eigenvalue weighted by Crippen LogP contribution is -2.20. The summed E-state index contributed by atoms with van der Waals surface area (Å²) in [6.07, 6.45) is 8.23. The van der Waals surface area contributed by atoms with E-state index in [1.807, 2.05) is 55.5 Å². The SMILES string of the molecule is C#CCNC(=O)/C=C/c1ccc(OCCOc2ccccc2)c(OCC)c1.